The monoisotopic (exact) mass is 516 g/mol. The molecule has 0 saturated heterocycles. The van der Waals surface area contributed by atoms with Gasteiger partial charge in [0, 0.05) is 0 Å². The van der Waals surface area contributed by atoms with Crippen molar-refractivity contribution >= 4 is 0 Å². The van der Waals surface area contributed by atoms with Crippen molar-refractivity contribution in [1.29, 1.82) is 0 Å². The molecule has 0 fully saturated rings. The van der Waals surface area contributed by atoms with Gasteiger partial charge in [-0.2, -0.15) is 0 Å². The molecule has 0 nitrogen and oxygen atoms in total. The molecule has 8 heavy (non-hydrogen) atoms. The Morgan fingerprint density at radius 2 is 0.250 bits per heavy atom. The second kappa shape index (κ2) is 58.8. The number of rotatable bonds is 0. The zero-order valence-electron chi connectivity index (χ0n) is 3.02. The minimum atomic E-state index is 0. The fourth-order valence-electron chi connectivity index (χ4n) is 0. The van der Waals surface area contributed by atoms with E-state index in [-0.39, 0.29) is 173 Å². The van der Waals surface area contributed by atoms with Crippen molar-refractivity contribution in [2.45, 2.75) is 0 Å². The predicted molar refractivity (Wildman–Crippen MR) is 0 cm³/mol. The molecule has 0 aromatic carbocycles. The zero-order chi connectivity index (χ0) is 0. The second-order valence-electron chi connectivity index (χ2n) is 0. The molecule has 8 heteroatoms. The molecular formula is Cl6Eu2. The first-order chi connectivity index (χ1) is 0. The van der Waals surface area contributed by atoms with Crippen LogP contribution in [0, 0.1) is 98.8 Å². The van der Waals surface area contributed by atoms with Crippen LogP contribution in [0.5, 0.6) is 0 Å². The fourth-order valence-corrected chi connectivity index (χ4v) is 0. The predicted octanol–water partition coefficient (Wildman–Crippen LogP) is -18.0. The third kappa shape index (κ3) is 44.4. The average molecular weight is 517 g/mol. The molecule has 0 heterocycles. The smallest absolute Gasteiger partial charge is 1.00 e. The van der Waals surface area contributed by atoms with Gasteiger partial charge in [0.1, 0.15) is 0 Å². The Bertz CT molecular complexity index is 6.49. The van der Waals surface area contributed by atoms with Crippen molar-refractivity contribution in [3.05, 3.63) is 0 Å². The molecule has 0 bridgehead atoms. The van der Waals surface area contributed by atoms with Gasteiger partial charge in [0.2, 0.25) is 0 Å². The second-order valence-corrected chi connectivity index (χ2v) is 0. The molecule has 0 N–H and O–H groups in total. The summed E-state index contributed by atoms with van der Waals surface area (Å²) in [6.07, 6.45) is 0. The molecule has 0 rings (SSSR count). The van der Waals surface area contributed by atoms with Crippen LogP contribution < -0.4 is 74.4 Å². The minimum absolute atomic E-state index is 0. The van der Waals surface area contributed by atoms with Gasteiger partial charge in [0.25, 0.3) is 0 Å². The molecule has 0 radical (unpaired) electrons. The van der Waals surface area contributed by atoms with Crippen molar-refractivity contribution in [3.63, 3.8) is 0 Å². The standard InChI is InChI=1S/6ClH.2Eu/h6*1H;;/q;;;;;;2*+3/p-6. The molecule has 0 amide bonds. The van der Waals surface area contributed by atoms with Crippen LogP contribution in [-0.4, -0.2) is 0 Å². The van der Waals surface area contributed by atoms with Crippen LogP contribution in [-0.2, 0) is 0 Å². The van der Waals surface area contributed by atoms with Gasteiger partial charge in [-0.05, 0) is 0 Å². The van der Waals surface area contributed by atoms with E-state index in [0.717, 1.165) is 0 Å². The van der Waals surface area contributed by atoms with E-state index in [1.807, 2.05) is 0 Å². The van der Waals surface area contributed by atoms with Crippen molar-refractivity contribution in [1.82, 2.24) is 0 Å². The van der Waals surface area contributed by atoms with Crippen LogP contribution in [0.15, 0.2) is 0 Å². The summed E-state index contributed by atoms with van der Waals surface area (Å²) in [4.78, 5) is 0. The van der Waals surface area contributed by atoms with Crippen LogP contribution in [0.1, 0.15) is 0 Å². The minimum Gasteiger partial charge on any atom is -1.00 e. The summed E-state index contributed by atoms with van der Waals surface area (Å²) in [5.74, 6) is 0. The zero-order valence-corrected chi connectivity index (χ0v) is 12.4. The molecule has 0 aromatic rings. The maximum Gasteiger partial charge on any atom is 3.00 e. The van der Waals surface area contributed by atoms with Crippen molar-refractivity contribution < 1.29 is 173 Å². The Balaban J connectivity index is 0. The molecular weight excluding hydrogens is 517 g/mol. The van der Waals surface area contributed by atoms with E-state index < -0.39 is 0 Å². The Morgan fingerprint density at radius 1 is 0.250 bits per heavy atom. The van der Waals surface area contributed by atoms with Crippen LogP contribution in [0.3, 0.4) is 0 Å². The van der Waals surface area contributed by atoms with Crippen molar-refractivity contribution in [3.8, 4) is 0 Å². The third-order valence-corrected chi connectivity index (χ3v) is 0. The van der Waals surface area contributed by atoms with Crippen LogP contribution in [0.2, 0.25) is 0 Å². The van der Waals surface area contributed by atoms with Gasteiger partial charge in [-0.3, -0.25) is 0 Å². The van der Waals surface area contributed by atoms with Gasteiger partial charge in [-0.1, -0.05) is 0 Å². The maximum absolute atomic E-state index is 0. The molecule has 56 valence electrons. The van der Waals surface area contributed by atoms with Gasteiger partial charge in [0.05, 0.1) is 0 Å². The molecule has 0 aromatic heterocycles. The largest absolute Gasteiger partial charge is 3.00 e. The van der Waals surface area contributed by atoms with Crippen LogP contribution in [0.4, 0.5) is 0 Å². The van der Waals surface area contributed by atoms with E-state index in [1.54, 1.807) is 0 Å². The van der Waals surface area contributed by atoms with Crippen molar-refractivity contribution in [2.24, 2.45) is 0 Å². The Hall–Kier alpha value is 4.91. The van der Waals surface area contributed by atoms with E-state index in [4.69, 9.17) is 0 Å². The normalized spacial score (nSPS) is 0. The molecule has 0 atom stereocenters. The van der Waals surface area contributed by atoms with Gasteiger partial charge in [0.15, 0.2) is 0 Å². The molecule has 0 unspecified atom stereocenters. The first-order valence-corrected chi connectivity index (χ1v) is 0. The quantitative estimate of drug-likeness (QED) is 0.300. The van der Waals surface area contributed by atoms with Crippen molar-refractivity contribution in [2.75, 3.05) is 0 Å². The Morgan fingerprint density at radius 3 is 0.250 bits per heavy atom. The summed E-state index contributed by atoms with van der Waals surface area (Å²) < 4.78 is 0. The molecule has 0 aliphatic heterocycles. The fraction of sp³-hybridized carbons (Fsp3) is 0. The Kier molecular flexibility index (Phi) is 559. The van der Waals surface area contributed by atoms with E-state index in [2.05, 4.69) is 0 Å². The van der Waals surface area contributed by atoms with E-state index in [9.17, 15) is 0 Å². The third-order valence-electron chi connectivity index (χ3n) is 0. The molecule has 0 saturated carbocycles. The number of hydrogen-bond acceptors (Lipinski definition) is 0. The van der Waals surface area contributed by atoms with Crippen LogP contribution in [0.25, 0.3) is 0 Å². The summed E-state index contributed by atoms with van der Waals surface area (Å²) in [5.41, 5.74) is 0. The summed E-state index contributed by atoms with van der Waals surface area (Å²) >= 11 is 0. The van der Waals surface area contributed by atoms with E-state index in [1.165, 1.54) is 0 Å². The van der Waals surface area contributed by atoms with E-state index in [0.29, 0.717) is 0 Å². The Labute approximate surface area is 168 Å². The topological polar surface area (TPSA) is 0 Å². The first kappa shape index (κ1) is 76.0. The molecule has 0 aliphatic rings. The molecule has 0 aliphatic carbocycles. The van der Waals surface area contributed by atoms with Gasteiger partial charge >= 0.3 is 98.8 Å². The number of hydrogen-bond donors (Lipinski definition) is 0. The maximum atomic E-state index is 0. The first-order valence-electron chi connectivity index (χ1n) is 0. The SMILES string of the molecule is [Cl-].[Cl-].[Cl-].[Cl-].[Cl-].[Cl-].[Eu+3].[Eu+3]. The van der Waals surface area contributed by atoms with E-state index >= 15 is 0 Å². The average Bonchev–Trinajstić information content (AvgIpc) is 0. The summed E-state index contributed by atoms with van der Waals surface area (Å²) in [6.45, 7) is 0. The summed E-state index contributed by atoms with van der Waals surface area (Å²) in [7, 11) is 0. The van der Waals surface area contributed by atoms with Gasteiger partial charge < -0.3 is 74.4 Å². The van der Waals surface area contributed by atoms with Gasteiger partial charge in [-0.25, -0.2) is 0 Å². The number of halogens is 6. The summed E-state index contributed by atoms with van der Waals surface area (Å²) in [5, 5.41) is 0. The summed E-state index contributed by atoms with van der Waals surface area (Å²) in [6, 6.07) is 0. The van der Waals surface area contributed by atoms with Gasteiger partial charge in [-0.15, -0.1) is 0 Å². The van der Waals surface area contributed by atoms with Crippen LogP contribution >= 0.6 is 0 Å². The molecule has 0 spiro atoms.